The predicted octanol–water partition coefficient (Wildman–Crippen LogP) is 5.22. The fraction of sp³-hybridized carbons (Fsp3) is 0.407. The largest absolute Gasteiger partial charge is 0.394 e. The van der Waals surface area contributed by atoms with Crippen molar-refractivity contribution in [1.82, 2.24) is 10.1 Å². The minimum absolute atomic E-state index is 0.114. The van der Waals surface area contributed by atoms with Crippen LogP contribution in [0.15, 0.2) is 35.0 Å². The molecule has 0 spiro atoms. The number of carbonyl (C=O) groups excluding carboxylic acids is 2. The van der Waals surface area contributed by atoms with E-state index in [2.05, 4.69) is 26.1 Å². The third-order valence-electron chi connectivity index (χ3n) is 6.54. The van der Waals surface area contributed by atoms with Crippen LogP contribution in [-0.2, 0) is 12.0 Å². The second kappa shape index (κ2) is 10.2. The van der Waals surface area contributed by atoms with Crippen LogP contribution in [0.4, 0.5) is 42.7 Å². The Kier molecular flexibility index (Phi) is 7.26. The molecule has 3 aromatic rings. The summed E-state index contributed by atoms with van der Waals surface area (Å²) in [6, 6.07) is 4.88. The van der Waals surface area contributed by atoms with Gasteiger partial charge in [0.25, 0.3) is 0 Å². The molecule has 1 aromatic carbocycles. The zero-order chi connectivity index (χ0) is 28.7. The van der Waals surface area contributed by atoms with Crippen LogP contribution in [0.25, 0.3) is 0 Å². The number of nitrogens with one attached hydrogen (secondary N) is 3. The van der Waals surface area contributed by atoms with E-state index in [4.69, 9.17) is 4.52 Å². The van der Waals surface area contributed by atoms with E-state index in [0.29, 0.717) is 28.5 Å². The van der Waals surface area contributed by atoms with E-state index in [1.807, 2.05) is 20.8 Å². The van der Waals surface area contributed by atoms with Gasteiger partial charge in [0.05, 0.1) is 41.4 Å². The maximum absolute atomic E-state index is 15.0. The molecule has 0 bridgehead atoms. The summed E-state index contributed by atoms with van der Waals surface area (Å²) in [5, 5.41) is 22.0. The first-order valence-electron chi connectivity index (χ1n) is 12.5. The number of aromatic nitrogens is 2. The number of urea groups is 2. The molecule has 0 fully saturated rings. The van der Waals surface area contributed by atoms with E-state index in [1.54, 1.807) is 46.1 Å². The molecule has 11 nitrogen and oxygen atoms in total. The van der Waals surface area contributed by atoms with Gasteiger partial charge in [0, 0.05) is 36.4 Å². The van der Waals surface area contributed by atoms with Crippen LogP contribution in [-0.4, -0.2) is 46.5 Å². The number of anilines is 5. The quantitative estimate of drug-likeness (QED) is 0.337. The summed E-state index contributed by atoms with van der Waals surface area (Å²) in [4.78, 5) is 33.9. The number of amides is 4. The summed E-state index contributed by atoms with van der Waals surface area (Å²) in [6.45, 7) is 10.9. The fourth-order valence-electron chi connectivity index (χ4n) is 4.25. The highest BCUT2D eigenvalue weighted by atomic mass is 19.1. The van der Waals surface area contributed by atoms with Gasteiger partial charge in [-0.2, -0.15) is 0 Å². The molecule has 3 heterocycles. The molecule has 4 rings (SSSR count). The van der Waals surface area contributed by atoms with E-state index in [0.717, 1.165) is 5.56 Å². The number of nitrogens with zero attached hydrogens (tertiary/aromatic N) is 4. The van der Waals surface area contributed by atoms with Gasteiger partial charge in [-0.05, 0) is 38.5 Å². The van der Waals surface area contributed by atoms with Crippen molar-refractivity contribution in [2.45, 2.75) is 59.0 Å². The maximum Gasteiger partial charge on any atom is 0.329 e. The van der Waals surface area contributed by atoms with Crippen molar-refractivity contribution < 1.29 is 23.6 Å². The van der Waals surface area contributed by atoms with Gasteiger partial charge in [-0.15, -0.1) is 0 Å². The molecule has 1 aliphatic heterocycles. The Morgan fingerprint density at radius 2 is 1.85 bits per heavy atom. The van der Waals surface area contributed by atoms with Crippen molar-refractivity contribution in [3.8, 4) is 0 Å². The Morgan fingerprint density at radius 1 is 1.13 bits per heavy atom. The number of pyridine rings is 1. The number of hydrogen-bond acceptors (Lipinski definition) is 7. The molecule has 0 aliphatic carbocycles. The van der Waals surface area contributed by atoms with Gasteiger partial charge in [0.2, 0.25) is 5.88 Å². The first-order valence-corrected chi connectivity index (χ1v) is 12.5. The number of hydrogen-bond donors (Lipinski definition) is 4. The van der Waals surface area contributed by atoms with Crippen molar-refractivity contribution in [2.24, 2.45) is 0 Å². The molecule has 0 atom stereocenters. The molecule has 4 N–H and O–H groups in total. The van der Waals surface area contributed by atoms with Gasteiger partial charge in [0.15, 0.2) is 0 Å². The minimum Gasteiger partial charge on any atom is -0.394 e. The van der Waals surface area contributed by atoms with Crippen LogP contribution < -0.4 is 25.8 Å². The summed E-state index contributed by atoms with van der Waals surface area (Å²) in [5.74, 6) is 0.0194. The molecular weight excluding hydrogens is 505 g/mol. The Hall–Kier alpha value is -4.19. The highest BCUT2D eigenvalue weighted by Gasteiger charge is 2.41. The molecule has 0 radical (unpaired) electrons. The van der Waals surface area contributed by atoms with Crippen molar-refractivity contribution in [3.05, 3.63) is 53.1 Å². The lowest BCUT2D eigenvalue weighted by atomic mass is 9.92. The number of halogens is 1. The third kappa shape index (κ3) is 5.51. The number of aryl methyl sites for hydroxylation is 1. The first kappa shape index (κ1) is 27.8. The second-order valence-corrected chi connectivity index (χ2v) is 11.1. The number of benzene rings is 1. The lowest BCUT2D eigenvalue weighted by Gasteiger charge is -2.45. The van der Waals surface area contributed by atoms with Gasteiger partial charge in [-0.1, -0.05) is 25.9 Å². The highest BCUT2D eigenvalue weighted by Crippen LogP contribution is 2.39. The zero-order valence-corrected chi connectivity index (χ0v) is 23.1. The predicted molar refractivity (Wildman–Crippen MR) is 148 cm³/mol. The second-order valence-electron chi connectivity index (χ2n) is 11.1. The van der Waals surface area contributed by atoms with Crippen molar-refractivity contribution in [2.75, 3.05) is 39.4 Å². The van der Waals surface area contributed by atoms with Crippen molar-refractivity contribution in [1.29, 1.82) is 0 Å². The Balaban J connectivity index is 1.66. The van der Waals surface area contributed by atoms with E-state index in [9.17, 15) is 19.1 Å². The summed E-state index contributed by atoms with van der Waals surface area (Å²) in [6.07, 6.45) is 1.66. The lowest BCUT2D eigenvalue weighted by molar-refractivity contribution is 0.202. The van der Waals surface area contributed by atoms with Crippen LogP contribution in [0.3, 0.4) is 0 Å². The van der Waals surface area contributed by atoms with E-state index >= 15 is 0 Å². The molecule has 0 unspecified atom stereocenters. The molecule has 208 valence electrons. The fourth-order valence-corrected chi connectivity index (χ4v) is 4.25. The minimum atomic E-state index is -0.950. The molecule has 39 heavy (non-hydrogen) atoms. The zero-order valence-electron chi connectivity index (χ0n) is 23.1. The SMILES string of the molecule is CNc1cc2c(cn1)CN(c1cc(NC(=O)Nc3cc(C(C)(C)C)no3)c(F)cc1C)C(=O)N2C(C)(C)CO. The number of aliphatic hydroxyl groups excluding tert-OH is 1. The monoisotopic (exact) mass is 539 g/mol. The topological polar surface area (TPSA) is 136 Å². The highest BCUT2D eigenvalue weighted by molar-refractivity contribution is 6.08. The summed E-state index contributed by atoms with van der Waals surface area (Å²) < 4.78 is 20.1. The van der Waals surface area contributed by atoms with Crippen LogP contribution in [0, 0.1) is 12.7 Å². The molecule has 12 heteroatoms. The number of aliphatic hydroxyl groups is 1. The average Bonchev–Trinajstić information content (AvgIpc) is 3.34. The molecule has 0 saturated carbocycles. The number of fused-ring (bicyclic) bond motifs is 1. The summed E-state index contributed by atoms with van der Waals surface area (Å²) in [5.41, 5.74) is 1.54. The van der Waals surface area contributed by atoms with Gasteiger partial charge in [-0.3, -0.25) is 15.1 Å². The van der Waals surface area contributed by atoms with Crippen LogP contribution in [0.1, 0.15) is 51.4 Å². The molecule has 1 aliphatic rings. The first-order chi connectivity index (χ1) is 18.2. The summed E-state index contributed by atoms with van der Waals surface area (Å²) >= 11 is 0. The van der Waals surface area contributed by atoms with Gasteiger partial charge in [-0.25, -0.2) is 19.0 Å². The van der Waals surface area contributed by atoms with Crippen LogP contribution in [0.2, 0.25) is 0 Å². The number of carbonyl (C=O) groups is 2. The Labute approximate surface area is 226 Å². The number of rotatable bonds is 6. The van der Waals surface area contributed by atoms with Gasteiger partial charge >= 0.3 is 12.1 Å². The van der Waals surface area contributed by atoms with Gasteiger partial charge < -0.3 is 20.3 Å². The third-order valence-corrected chi connectivity index (χ3v) is 6.54. The standard InChI is InChI=1S/C27H34FN7O4/c1-15-8-17(28)18(31-24(37)32-23-11-21(33-39-23)26(2,3)4)9-19(15)34-13-16-12-30-22(29-7)10-20(16)35(25(34)38)27(5,6)14-36/h8-12,36H,13-14H2,1-7H3,(H,29,30)(H2,31,32,37). The van der Waals surface area contributed by atoms with Crippen LogP contribution in [0.5, 0.6) is 0 Å². The Morgan fingerprint density at radius 3 is 2.46 bits per heavy atom. The lowest BCUT2D eigenvalue weighted by Crippen LogP contribution is -2.58. The Bertz CT molecular complexity index is 1410. The van der Waals surface area contributed by atoms with Crippen LogP contribution >= 0.6 is 0 Å². The molecule has 0 saturated heterocycles. The molecule has 2 aromatic heterocycles. The summed E-state index contributed by atoms with van der Waals surface area (Å²) in [7, 11) is 1.73. The van der Waals surface area contributed by atoms with E-state index in [-0.39, 0.29) is 30.1 Å². The smallest absolute Gasteiger partial charge is 0.329 e. The van der Waals surface area contributed by atoms with Crippen molar-refractivity contribution >= 4 is 40.8 Å². The molecule has 4 amide bonds. The average molecular weight is 540 g/mol. The van der Waals surface area contributed by atoms with Gasteiger partial charge in [0.1, 0.15) is 11.6 Å². The maximum atomic E-state index is 15.0. The van der Waals surface area contributed by atoms with E-state index in [1.165, 1.54) is 21.9 Å². The normalized spacial score (nSPS) is 13.8. The molecular formula is C27H34FN7O4. The van der Waals surface area contributed by atoms with Crippen molar-refractivity contribution in [3.63, 3.8) is 0 Å². The van der Waals surface area contributed by atoms with E-state index < -0.39 is 23.4 Å².